The van der Waals surface area contributed by atoms with Crippen LogP contribution < -0.4 is 20.1 Å². The fraction of sp³-hybridized carbons (Fsp3) is 0. The second-order valence-electron chi connectivity index (χ2n) is 8.60. The molecule has 0 bridgehead atoms. The van der Waals surface area contributed by atoms with Crippen LogP contribution in [0.4, 0.5) is 11.9 Å². The summed E-state index contributed by atoms with van der Waals surface area (Å²) >= 11 is 0. The fourth-order valence-corrected chi connectivity index (χ4v) is 4.96. The largest absolute Gasteiger partial charge is 0.428 e. The molecular formula is C26H18N10+2. The minimum atomic E-state index is 0.270. The molecule has 36 heavy (non-hydrogen) atoms. The Morgan fingerprint density at radius 1 is 0.528 bits per heavy atom. The average molecular weight is 471 g/mol. The lowest BCUT2D eigenvalue weighted by Crippen LogP contribution is -2.35. The molecule has 0 aliphatic rings. The van der Waals surface area contributed by atoms with Gasteiger partial charge in [0.25, 0.3) is 0 Å². The molecule has 4 aromatic heterocycles. The van der Waals surface area contributed by atoms with E-state index < -0.39 is 0 Å². The van der Waals surface area contributed by atoms with Gasteiger partial charge in [-0.3, -0.25) is 0 Å². The molecule has 4 heterocycles. The lowest BCUT2D eigenvalue weighted by molar-refractivity contribution is -0.652. The number of nitrogens with two attached hydrogens (primary N) is 1. The molecule has 8 aromatic rings. The van der Waals surface area contributed by atoms with Crippen LogP contribution in [0.3, 0.4) is 0 Å². The maximum atomic E-state index is 6.55. The van der Waals surface area contributed by atoms with Gasteiger partial charge in [-0.1, -0.05) is 60.7 Å². The van der Waals surface area contributed by atoms with Gasteiger partial charge in [0, 0.05) is 41.0 Å². The number of rotatable bonds is 2. The molecule has 0 aliphatic heterocycles. The minimum absolute atomic E-state index is 0.270. The highest BCUT2D eigenvalue weighted by Crippen LogP contribution is 2.24. The van der Waals surface area contributed by atoms with Crippen LogP contribution in [-0.4, -0.2) is 29.7 Å². The summed E-state index contributed by atoms with van der Waals surface area (Å²) in [5.41, 5.74) is 3.66. The van der Waals surface area contributed by atoms with Gasteiger partial charge in [0.05, 0.1) is 10.2 Å². The second-order valence-corrected chi connectivity index (χ2v) is 8.60. The lowest BCUT2D eigenvalue weighted by atomic mass is 10.1. The Morgan fingerprint density at radius 3 is 1.39 bits per heavy atom. The first-order chi connectivity index (χ1) is 17.8. The van der Waals surface area contributed by atoms with Gasteiger partial charge in [0.1, 0.15) is 11.0 Å². The van der Waals surface area contributed by atoms with Gasteiger partial charge in [0.2, 0.25) is 0 Å². The molecule has 0 fully saturated rings. The van der Waals surface area contributed by atoms with E-state index >= 15 is 0 Å². The van der Waals surface area contributed by atoms with Crippen LogP contribution in [0.15, 0.2) is 97.1 Å². The second kappa shape index (κ2) is 6.90. The van der Waals surface area contributed by atoms with Crippen LogP contribution >= 0.6 is 0 Å². The summed E-state index contributed by atoms with van der Waals surface area (Å²) in [4.78, 5) is 0. The predicted molar refractivity (Wildman–Crippen MR) is 134 cm³/mol. The van der Waals surface area contributed by atoms with Gasteiger partial charge >= 0.3 is 11.9 Å². The number of para-hydroxylation sites is 4. The van der Waals surface area contributed by atoms with E-state index in [2.05, 4.69) is 24.3 Å². The lowest BCUT2D eigenvalue weighted by Gasteiger charge is -2.00. The van der Waals surface area contributed by atoms with Crippen LogP contribution in [0, 0.1) is 0 Å². The SMILES string of the molecule is NN(c1nn2c3ccccc3c3ccccc3[n+]2n1)c1nn2c3ccccc3c3ccccc3[n+]2n1. The molecule has 0 aliphatic carbocycles. The summed E-state index contributed by atoms with van der Waals surface area (Å²) in [7, 11) is 0. The normalized spacial score (nSPS) is 12.0. The van der Waals surface area contributed by atoms with Crippen molar-refractivity contribution in [1.82, 2.24) is 29.7 Å². The standard InChI is InChI=1S/C26H18N10/c27-32(25-28-33-21-13-5-1-9-17(21)18-10-2-6-14-22(18)34(33)29-25)26-30-35-23-15-7-3-11-19(23)20-12-4-8-16-24(20)36(35)31-26/h1-16H,27H2/q+2. The Balaban J connectivity index is 1.39. The van der Waals surface area contributed by atoms with Crippen LogP contribution in [0.5, 0.6) is 0 Å². The number of hydrogen-bond donors (Lipinski definition) is 1. The first kappa shape index (κ1) is 19.1. The van der Waals surface area contributed by atoms with Gasteiger partial charge in [-0.25, -0.2) is 5.84 Å². The van der Waals surface area contributed by atoms with Crippen molar-refractivity contribution in [1.29, 1.82) is 0 Å². The van der Waals surface area contributed by atoms with E-state index in [1.807, 2.05) is 72.8 Å². The molecule has 4 aromatic carbocycles. The molecule has 0 saturated heterocycles. The third-order valence-electron chi connectivity index (χ3n) is 6.58. The van der Waals surface area contributed by atoms with Crippen molar-refractivity contribution < 1.29 is 9.26 Å². The zero-order valence-corrected chi connectivity index (χ0v) is 18.8. The Labute approximate surface area is 202 Å². The van der Waals surface area contributed by atoms with Gasteiger partial charge < -0.3 is 0 Å². The molecule has 2 N–H and O–H groups in total. The number of nitrogens with zero attached hydrogens (tertiary/aromatic N) is 9. The summed E-state index contributed by atoms with van der Waals surface area (Å²) < 4.78 is 7.00. The Kier molecular flexibility index (Phi) is 3.67. The zero-order valence-electron chi connectivity index (χ0n) is 18.8. The molecular weight excluding hydrogens is 452 g/mol. The van der Waals surface area contributed by atoms with E-state index in [1.165, 1.54) is 5.01 Å². The molecule has 8 rings (SSSR count). The highest BCUT2D eigenvalue weighted by molar-refractivity contribution is 6.03. The number of tetrazole rings is 2. The monoisotopic (exact) mass is 470 g/mol. The van der Waals surface area contributed by atoms with Gasteiger partial charge in [-0.15, -0.1) is 0 Å². The van der Waals surface area contributed by atoms with Crippen molar-refractivity contribution in [2.24, 2.45) is 5.84 Å². The van der Waals surface area contributed by atoms with Crippen molar-refractivity contribution in [3.05, 3.63) is 97.1 Å². The molecule has 10 nitrogen and oxygen atoms in total. The van der Waals surface area contributed by atoms with Crippen molar-refractivity contribution in [2.75, 3.05) is 5.01 Å². The van der Waals surface area contributed by atoms with Gasteiger partial charge in [-0.05, 0) is 45.7 Å². The molecule has 0 spiro atoms. The number of fused-ring (bicyclic) bond motifs is 12. The van der Waals surface area contributed by atoms with Crippen molar-refractivity contribution in [2.45, 2.75) is 0 Å². The number of hydrazine groups is 1. The third-order valence-corrected chi connectivity index (χ3v) is 6.58. The quantitative estimate of drug-likeness (QED) is 0.181. The van der Waals surface area contributed by atoms with E-state index in [0.29, 0.717) is 0 Å². The molecule has 10 heteroatoms. The van der Waals surface area contributed by atoms with E-state index in [1.54, 1.807) is 18.5 Å². The fourth-order valence-electron chi connectivity index (χ4n) is 4.96. The average Bonchev–Trinajstić information content (AvgIpc) is 3.59. The van der Waals surface area contributed by atoms with Crippen LogP contribution in [0.2, 0.25) is 0 Å². The van der Waals surface area contributed by atoms with Crippen molar-refractivity contribution >= 4 is 55.5 Å². The first-order valence-corrected chi connectivity index (χ1v) is 11.5. The predicted octanol–water partition coefficient (Wildman–Crippen LogP) is 2.57. The maximum absolute atomic E-state index is 6.55. The molecule has 0 unspecified atom stereocenters. The maximum Gasteiger partial charge on any atom is 0.428 e. The highest BCUT2D eigenvalue weighted by Gasteiger charge is 2.31. The van der Waals surface area contributed by atoms with Crippen molar-refractivity contribution in [3.63, 3.8) is 0 Å². The van der Waals surface area contributed by atoms with E-state index in [9.17, 15) is 0 Å². The number of aromatic nitrogens is 8. The minimum Gasteiger partial charge on any atom is -0.234 e. The van der Waals surface area contributed by atoms with E-state index in [4.69, 9.17) is 26.2 Å². The summed E-state index contributed by atoms with van der Waals surface area (Å²) in [6.07, 6.45) is 0. The Morgan fingerprint density at radius 2 is 0.917 bits per heavy atom. The summed E-state index contributed by atoms with van der Waals surface area (Å²) in [5, 5.41) is 24.6. The third kappa shape index (κ3) is 2.47. The van der Waals surface area contributed by atoms with Gasteiger partial charge in [0.15, 0.2) is 11.0 Å². The summed E-state index contributed by atoms with van der Waals surface area (Å²) in [5.74, 6) is 7.09. The molecule has 0 atom stereocenters. The van der Waals surface area contributed by atoms with Crippen molar-refractivity contribution in [3.8, 4) is 0 Å². The van der Waals surface area contributed by atoms with Gasteiger partial charge in [-0.2, -0.15) is 5.01 Å². The van der Waals surface area contributed by atoms with Crippen LogP contribution in [0.25, 0.3) is 43.6 Å². The molecule has 0 saturated carbocycles. The van der Waals surface area contributed by atoms with Crippen LogP contribution in [0.1, 0.15) is 0 Å². The van der Waals surface area contributed by atoms with E-state index in [-0.39, 0.29) is 11.9 Å². The molecule has 0 radical (unpaired) electrons. The number of hydrogen-bond acceptors (Lipinski definition) is 6. The number of anilines is 2. The molecule has 170 valence electrons. The number of benzene rings is 4. The highest BCUT2D eigenvalue weighted by atomic mass is 15.7. The summed E-state index contributed by atoms with van der Waals surface area (Å²) in [6.45, 7) is 0. The first-order valence-electron chi connectivity index (χ1n) is 11.5. The summed E-state index contributed by atoms with van der Waals surface area (Å²) in [6, 6.07) is 32.4. The van der Waals surface area contributed by atoms with E-state index in [0.717, 1.165) is 43.6 Å². The van der Waals surface area contributed by atoms with Crippen LogP contribution in [-0.2, 0) is 0 Å². The Hall–Kier alpha value is -5.22. The molecule has 0 amide bonds. The smallest absolute Gasteiger partial charge is 0.234 e. The zero-order chi connectivity index (χ0) is 23.8. The Bertz CT molecular complexity index is 1840. The topological polar surface area (TPSA) is 97.8 Å².